The van der Waals surface area contributed by atoms with Gasteiger partial charge in [0.1, 0.15) is 4.60 Å². The van der Waals surface area contributed by atoms with E-state index >= 15 is 0 Å². The molecular formula is C15H16BrN5. The van der Waals surface area contributed by atoms with Gasteiger partial charge in [-0.2, -0.15) is 0 Å². The van der Waals surface area contributed by atoms with Crippen molar-refractivity contribution < 1.29 is 0 Å². The Bertz CT molecular complexity index is 766. The molecule has 0 unspecified atom stereocenters. The van der Waals surface area contributed by atoms with Crippen LogP contribution in [0.2, 0.25) is 0 Å². The highest BCUT2D eigenvalue weighted by molar-refractivity contribution is 9.10. The number of para-hydroxylation sites is 2. The maximum atomic E-state index is 4.36. The number of benzene rings is 1. The average molecular weight is 346 g/mol. The van der Waals surface area contributed by atoms with Gasteiger partial charge in [0.15, 0.2) is 5.65 Å². The lowest BCUT2D eigenvalue weighted by Crippen LogP contribution is -2.12. The molecule has 3 rings (SSSR count). The SMILES string of the molecule is CN(C)c1ccccc1NCc1cnc2cnc(Br)cn12. The van der Waals surface area contributed by atoms with Gasteiger partial charge < -0.3 is 10.2 Å². The number of nitrogens with zero attached hydrogens (tertiary/aromatic N) is 4. The third-order valence-electron chi connectivity index (χ3n) is 3.29. The van der Waals surface area contributed by atoms with Crippen LogP contribution in [-0.4, -0.2) is 28.5 Å². The standard InChI is InChI=1S/C15H16BrN5/c1-20(2)13-6-4-3-5-12(13)17-7-11-8-19-15-9-18-14(16)10-21(11)15/h3-6,8-10,17H,7H2,1-2H3. The van der Waals surface area contributed by atoms with E-state index in [9.17, 15) is 0 Å². The fraction of sp³-hybridized carbons (Fsp3) is 0.200. The molecule has 0 aliphatic heterocycles. The fourth-order valence-electron chi connectivity index (χ4n) is 2.25. The predicted molar refractivity (Wildman–Crippen MR) is 88.8 cm³/mol. The Morgan fingerprint density at radius 3 is 2.81 bits per heavy atom. The molecule has 5 nitrogen and oxygen atoms in total. The number of hydrogen-bond donors (Lipinski definition) is 1. The lowest BCUT2D eigenvalue weighted by atomic mass is 10.2. The van der Waals surface area contributed by atoms with Crippen LogP contribution in [-0.2, 0) is 6.54 Å². The second-order valence-electron chi connectivity index (χ2n) is 4.95. The minimum atomic E-state index is 0.697. The maximum absolute atomic E-state index is 4.36. The van der Waals surface area contributed by atoms with Gasteiger partial charge in [0, 0.05) is 20.3 Å². The number of hydrogen-bond acceptors (Lipinski definition) is 4. The first-order valence-corrected chi connectivity index (χ1v) is 7.42. The highest BCUT2D eigenvalue weighted by atomic mass is 79.9. The Morgan fingerprint density at radius 2 is 2.00 bits per heavy atom. The summed E-state index contributed by atoms with van der Waals surface area (Å²) < 4.78 is 2.82. The van der Waals surface area contributed by atoms with Crippen molar-refractivity contribution in [2.75, 3.05) is 24.3 Å². The largest absolute Gasteiger partial charge is 0.378 e. The van der Waals surface area contributed by atoms with Crippen LogP contribution in [0.25, 0.3) is 5.65 Å². The van der Waals surface area contributed by atoms with E-state index in [4.69, 9.17) is 0 Å². The van der Waals surface area contributed by atoms with Crippen molar-refractivity contribution in [3.8, 4) is 0 Å². The Labute approximate surface area is 131 Å². The molecule has 0 atom stereocenters. The maximum Gasteiger partial charge on any atom is 0.155 e. The molecule has 1 aromatic carbocycles. The van der Waals surface area contributed by atoms with E-state index in [1.165, 1.54) is 0 Å². The third-order valence-corrected chi connectivity index (χ3v) is 3.70. The fourth-order valence-corrected chi connectivity index (χ4v) is 2.55. The van der Waals surface area contributed by atoms with E-state index in [2.05, 4.69) is 48.2 Å². The molecule has 6 heteroatoms. The second-order valence-corrected chi connectivity index (χ2v) is 5.77. The van der Waals surface area contributed by atoms with Crippen molar-refractivity contribution in [1.29, 1.82) is 0 Å². The van der Waals surface area contributed by atoms with Crippen LogP contribution in [0, 0.1) is 0 Å². The summed E-state index contributed by atoms with van der Waals surface area (Å²) in [6, 6.07) is 8.25. The van der Waals surface area contributed by atoms with Gasteiger partial charge in [-0.05, 0) is 28.1 Å². The molecule has 0 aliphatic rings. The third kappa shape index (κ3) is 2.85. The number of rotatable bonds is 4. The smallest absolute Gasteiger partial charge is 0.155 e. The molecule has 1 N–H and O–H groups in total. The molecule has 0 aliphatic carbocycles. The van der Waals surface area contributed by atoms with Crippen molar-refractivity contribution in [1.82, 2.24) is 14.4 Å². The summed E-state index contributed by atoms with van der Waals surface area (Å²) in [7, 11) is 4.08. The minimum absolute atomic E-state index is 0.697. The molecule has 108 valence electrons. The molecule has 0 radical (unpaired) electrons. The summed E-state index contributed by atoms with van der Waals surface area (Å²) in [6.45, 7) is 0.697. The Kier molecular flexibility index (Phi) is 3.79. The summed E-state index contributed by atoms with van der Waals surface area (Å²) in [5.74, 6) is 0. The van der Waals surface area contributed by atoms with Crippen LogP contribution in [0.3, 0.4) is 0 Å². The van der Waals surface area contributed by atoms with E-state index in [0.29, 0.717) is 6.54 Å². The van der Waals surface area contributed by atoms with E-state index in [1.54, 1.807) is 6.20 Å². The molecule has 21 heavy (non-hydrogen) atoms. The van der Waals surface area contributed by atoms with E-state index in [0.717, 1.165) is 27.3 Å². The summed E-state index contributed by atoms with van der Waals surface area (Å²) >= 11 is 3.39. The van der Waals surface area contributed by atoms with Crippen molar-refractivity contribution in [2.45, 2.75) is 6.54 Å². The van der Waals surface area contributed by atoms with Crippen LogP contribution in [0.5, 0.6) is 0 Å². The van der Waals surface area contributed by atoms with E-state index in [-0.39, 0.29) is 0 Å². The van der Waals surface area contributed by atoms with Gasteiger partial charge in [0.2, 0.25) is 0 Å². The Morgan fingerprint density at radius 1 is 1.19 bits per heavy atom. The van der Waals surface area contributed by atoms with Gasteiger partial charge in [0.25, 0.3) is 0 Å². The zero-order chi connectivity index (χ0) is 14.8. The van der Waals surface area contributed by atoms with Crippen LogP contribution in [0.15, 0.2) is 47.5 Å². The summed E-state index contributed by atoms with van der Waals surface area (Å²) in [6.07, 6.45) is 5.55. The highest BCUT2D eigenvalue weighted by Gasteiger charge is 2.07. The van der Waals surface area contributed by atoms with Crippen molar-refractivity contribution in [3.63, 3.8) is 0 Å². The zero-order valence-electron chi connectivity index (χ0n) is 11.9. The summed E-state index contributed by atoms with van der Waals surface area (Å²) in [5, 5.41) is 3.47. The predicted octanol–water partition coefficient (Wildman–Crippen LogP) is 3.17. The van der Waals surface area contributed by atoms with Gasteiger partial charge in [0.05, 0.1) is 36.0 Å². The minimum Gasteiger partial charge on any atom is -0.378 e. The summed E-state index contributed by atoms with van der Waals surface area (Å²) in [4.78, 5) is 10.6. The number of fused-ring (bicyclic) bond motifs is 1. The van der Waals surface area contributed by atoms with Crippen molar-refractivity contribution >= 4 is 33.0 Å². The van der Waals surface area contributed by atoms with Crippen LogP contribution < -0.4 is 10.2 Å². The lowest BCUT2D eigenvalue weighted by Gasteiger charge is -2.18. The average Bonchev–Trinajstić information content (AvgIpc) is 2.87. The normalized spacial score (nSPS) is 10.8. The Balaban J connectivity index is 1.85. The molecule has 2 aromatic heterocycles. The topological polar surface area (TPSA) is 45.5 Å². The molecule has 0 fully saturated rings. The van der Waals surface area contributed by atoms with E-state index < -0.39 is 0 Å². The zero-order valence-corrected chi connectivity index (χ0v) is 13.5. The first kappa shape index (κ1) is 13.9. The molecular weight excluding hydrogens is 330 g/mol. The van der Waals surface area contributed by atoms with E-state index in [1.807, 2.05) is 43.0 Å². The second kappa shape index (κ2) is 5.73. The number of aromatic nitrogens is 3. The van der Waals surface area contributed by atoms with Crippen molar-refractivity contribution in [3.05, 3.63) is 53.2 Å². The van der Waals surface area contributed by atoms with Gasteiger partial charge in [-0.1, -0.05) is 12.1 Å². The molecule has 2 heterocycles. The number of imidazole rings is 1. The van der Waals surface area contributed by atoms with Gasteiger partial charge in [-0.25, -0.2) is 9.97 Å². The molecule has 0 bridgehead atoms. The molecule has 0 saturated heterocycles. The Hall–Kier alpha value is -2.08. The van der Waals surface area contributed by atoms with Gasteiger partial charge >= 0.3 is 0 Å². The van der Waals surface area contributed by atoms with Crippen molar-refractivity contribution in [2.24, 2.45) is 0 Å². The van der Waals surface area contributed by atoms with Crippen LogP contribution in [0.4, 0.5) is 11.4 Å². The van der Waals surface area contributed by atoms with Gasteiger partial charge in [-0.15, -0.1) is 0 Å². The molecule has 0 spiro atoms. The quantitative estimate of drug-likeness (QED) is 0.788. The molecule has 3 aromatic rings. The first-order chi connectivity index (χ1) is 10.1. The number of nitrogens with one attached hydrogen (secondary N) is 1. The lowest BCUT2D eigenvalue weighted by molar-refractivity contribution is 0.981. The monoisotopic (exact) mass is 345 g/mol. The van der Waals surface area contributed by atoms with Crippen LogP contribution in [0.1, 0.15) is 5.69 Å². The molecule has 0 amide bonds. The molecule has 0 saturated carbocycles. The highest BCUT2D eigenvalue weighted by Crippen LogP contribution is 2.24. The first-order valence-electron chi connectivity index (χ1n) is 6.63. The van der Waals surface area contributed by atoms with Gasteiger partial charge in [-0.3, -0.25) is 4.40 Å². The number of halogens is 1. The number of anilines is 2. The van der Waals surface area contributed by atoms with Crippen LogP contribution >= 0.6 is 15.9 Å². The summed E-state index contributed by atoms with van der Waals surface area (Å²) in [5.41, 5.74) is 4.19.